The normalized spacial score (nSPS) is 19.1. The third kappa shape index (κ3) is 3.54. The van der Waals surface area contributed by atoms with Crippen LogP contribution in [0.4, 0.5) is 8.78 Å². The number of rotatable bonds is 5. The van der Waals surface area contributed by atoms with Crippen LogP contribution in [-0.4, -0.2) is 25.4 Å². The molecule has 140 valence electrons. The highest BCUT2D eigenvalue weighted by Crippen LogP contribution is 2.45. The summed E-state index contributed by atoms with van der Waals surface area (Å²) in [6.07, 6.45) is 5.21. The Bertz CT molecular complexity index is 910. The van der Waals surface area contributed by atoms with E-state index in [9.17, 15) is 9.50 Å². The van der Waals surface area contributed by atoms with E-state index in [1.54, 1.807) is 18.2 Å². The molecule has 5 heteroatoms. The summed E-state index contributed by atoms with van der Waals surface area (Å²) in [6.45, 7) is 0. The van der Waals surface area contributed by atoms with E-state index >= 15 is 4.39 Å². The molecule has 1 aliphatic carbocycles. The van der Waals surface area contributed by atoms with Crippen molar-refractivity contribution in [2.75, 3.05) is 14.2 Å². The molecule has 2 atom stereocenters. The number of methoxy groups -OCH3 is 2. The summed E-state index contributed by atoms with van der Waals surface area (Å²) in [5.74, 6) is 2.13. The van der Waals surface area contributed by atoms with Crippen LogP contribution >= 0.6 is 0 Å². The van der Waals surface area contributed by atoms with Crippen LogP contribution in [0, 0.1) is 29.9 Å². The molecule has 0 amide bonds. The zero-order chi connectivity index (χ0) is 19.6. The lowest BCUT2D eigenvalue weighted by Crippen LogP contribution is -2.17. The summed E-state index contributed by atoms with van der Waals surface area (Å²) in [6, 6.07) is 8.75. The van der Waals surface area contributed by atoms with Gasteiger partial charge in [0.25, 0.3) is 0 Å². The van der Waals surface area contributed by atoms with Crippen molar-refractivity contribution in [1.82, 2.24) is 0 Å². The molecule has 0 saturated carbocycles. The number of benzene rings is 2. The van der Waals surface area contributed by atoms with Gasteiger partial charge in [0.1, 0.15) is 23.1 Å². The van der Waals surface area contributed by atoms with Crippen LogP contribution in [0.1, 0.15) is 18.4 Å². The lowest BCUT2D eigenvalue weighted by atomic mass is 9.93. The molecule has 0 heterocycles. The quantitative estimate of drug-likeness (QED) is 0.793. The maximum atomic E-state index is 15.1. The van der Waals surface area contributed by atoms with Crippen LogP contribution in [0.25, 0.3) is 16.7 Å². The Hall–Kier alpha value is -2.84. The van der Waals surface area contributed by atoms with Crippen LogP contribution in [0.5, 0.6) is 5.75 Å². The largest absolute Gasteiger partial charge is 0.501 e. The molecule has 0 aliphatic heterocycles. The van der Waals surface area contributed by atoms with Crippen LogP contribution in [0.3, 0.4) is 0 Å². The minimum atomic E-state index is -0.948. The zero-order valence-electron chi connectivity index (χ0n) is 15.1. The molecule has 3 nitrogen and oxygen atoms in total. The highest BCUT2D eigenvalue weighted by atomic mass is 19.1. The first-order valence-corrected chi connectivity index (χ1v) is 8.52. The van der Waals surface area contributed by atoms with Gasteiger partial charge in [0.15, 0.2) is 0 Å². The SMILES string of the molecule is C#CCC1CC(OC)=C(c2c(F)cc(-c3ccc(F)cc3)cc2OC)C1O. The van der Waals surface area contributed by atoms with E-state index < -0.39 is 11.9 Å². The molecule has 2 aromatic rings. The molecule has 0 saturated heterocycles. The van der Waals surface area contributed by atoms with Gasteiger partial charge in [-0.25, -0.2) is 8.78 Å². The average Bonchev–Trinajstić information content (AvgIpc) is 2.97. The summed E-state index contributed by atoms with van der Waals surface area (Å²) >= 11 is 0. The summed E-state index contributed by atoms with van der Waals surface area (Å²) in [5, 5.41) is 10.7. The van der Waals surface area contributed by atoms with E-state index in [1.165, 1.54) is 32.4 Å². The number of aliphatic hydroxyl groups excluding tert-OH is 1. The van der Waals surface area contributed by atoms with E-state index in [0.29, 0.717) is 35.3 Å². The maximum absolute atomic E-state index is 15.1. The second-order valence-electron chi connectivity index (χ2n) is 6.40. The van der Waals surface area contributed by atoms with E-state index in [0.717, 1.165) is 0 Å². The summed E-state index contributed by atoms with van der Waals surface area (Å²) < 4.78 is 39.1. The van der Waals surface area contributed by atoms with E-state index in [-0.39, 0.29) is 23.0 Å². The van der Waals surface area contributed by atoms with Gasteiger partial charge in [-0.05, 0) is 35.4 Å². The third-order valence-electron chi connectivity index (χ3n) is 4.84. The van der Waals surface area contributed by atoms with Crippen molar-refractivity contribution in [2.45, 2.75) is 18.9 Å². The van der Waals surface area contributed by atoms with Gasteiger partial charge in [0.05, 0.1) is 25.9 Å². The highest BCUT2D eigenvalue weighted by molar-refractivity contribution is 5.80. The summed E-state index contributed by atoms with van der Waals surface area (Å²) in [7, 11) is 2.91. The second kappa shape index (κ2) is 7.81. The number of aliphatic hydroxyl groups is 1. The lowest BCUT2D eigenvalue weighted by Gasteiger charge is -2.19. The fourth-order valence-electron chi connectivity index (χ4n) is 3.49. The molecule has 0 bridgehead atoms. The molecule has 1 aliphatic rings. The minimum Gasteiger partial charge on any atom is -0.501 e. The standard InChI is InChI=1S/C22H20F2O3/c1-4-5-14-11-19(27-3)21(22(14)25)20-17(24)10-15(12-18(20)26-2)13-6-8-16(23)9-7-13/h1,6-10,12,14,22,25H,5,11H2,2-3H3. The molecular formula is C22H20F2O3. The second-order valence-corrected chi connectivity index (χ2v) is 6.40. The maximum Gasteiger partial charge on any atom is 0.135 e. The van der Waals surface area contributed by atoms with E-state index in [1.807, 2.05) is 0 Å². The highest BCUT2D eigenvalue weighted by Gasteiger charge is 2.37. The predicted octanol–water partition coefficient (Wildman–Crippen LogP) is 4.40. The van der Waals surface area contributed by atoms with Gasteiger partial charge < -0.3 is 14.6 Å². The number of ether oxygens (including phenoxy) is 2. The first-order valence-electron chi connectivity index (χ1n) is 8.52. The molecule has 0 spiro atoms. The third-order valence-corrected chi connectivity index (χ3v) is 4.84. The van der Waals surface area contributed by atoms with Crippen molar-refractivity contribution >= 4 is 5.57 Å². The van der Waals surface area contributed by atoms with Gasteiger partial charge in [0.2, 0.25) is 0 Å². The van der Waals surface area contributed by atoms with Crippen molar-refractivity contribution in [3.63, 3.8) is 0 Å². The molecule has 2 aromatic carbocycles. The molecule has 2 unspecified atom stereocenters. The fraction of sp³-hybridized carbons (Fsp3) is 0.273. The predicted molar refractivity (Wildman–Crippen MR) is 99.8 cm³/mol. The lowest BCUT2D eigenvalue weighted by molar-refractivity contribution is 0.171. The van der Waals surface area contributed by atoms with E-state index in [2.05, 4.69) is 5.92 Å². The number of terminal acetylenes is 1. The van der Waals surface area contributed by atoms with Gasteiger partial charge in [-0.1, -0.05) is 12.1 Å². The Morgan fingerprint density at radius 2 is 1.81 bits per heavy atom. The van der Waals surface area contributed by atoms with Crippen LogP contribution in [0.2, 0.25) is 0 Å². The van der Waals surface area contributed by atoms with Crippen LogP contribution < -0.4 is 4.74 Å². The van der Waals surface area contributed by atoms with Crippen molar-refractivity contribution in [1.29, 1.82) is 0 Å². The smallest absolute Gasteiger partial charge is 0.135 e. The van der Waals surface area contributed by atoms with Gasteiger partial charge >= 0.3 is 0 Å². The Kier molecular flexibility index (Phi) is 5.48. The van der Waals surface area contributed by atoms with Gasteiger partial charge in [0, 0.05) is 24.3 Å². The van der Waals surface area contributed by atoms with Gasteiger partial charge in [-0.2, -0.15) is 0 Å². The Labute approximate surface area is 157 Å². The summed E-state index contributed by atoms with van der Waals surface area (Å²) in [4.78, 5) is 0. The minimum absolute atomic E-state index is 0.159. The van der Waals surface area contributed by atoms with Crippen LogP contribution in [-0.2, 0) is 4.74 Å². The molecule has 0 aromatic heterocycles. The van der Waals surface area contributed by atoms with Crippen molar-refractivity contribution in [2.24, 2.45) is 5.92 Å². The zero-order valence-corrected chi connectivity index (χ0v) is 15.1. The number of halogens is 2. The molecule has 27 heavy (non-hydrogen) atoms. The van der Waals surface area contributed by atoms with Gasteiger partial charge in [-0.3, -0.25) is 0 Å². The molecule has 3 rings (SSSR count). The van der Waals surface area contributed by atoms with Crippen molar-refractivity contribution in [3.8, 4) is 29.2 Å². The first kappa shape index (κ1) is 18.9. The van der Waals surface area contributed by atoms with Crippen molar-refractivity contribution in [3.05, 3.63) is 59.4 Å². The molecular weight excluding hydrogens is 350 g/mol. The monoisotopic (exact) mass is 370 g/mol. The molecule has 1 N–H and O–H groups in total. The first-order chi connectivity index (χ1) is 13.0. The topological polar surface area (TPSA) is 38.7 Å². The van der Waals surface area contributed by atoms with Crippen LogP contribution in [0.15, 0.2) is 42.2 Å². The molecule has 0 fully saturated rings. The molecule has 0 radical (unpaired) electrons. The average molecular weight is 370 g/mol. The Balaban J connectivity index is 2.11. The Morgan fingerprint density at radius 3 is 2.41 bits per heavy atom. The van der Waals surface area contributed by atoms with Crippen molar-refractivity contribution < 1.29 is 23.4 Å². The fourth-order valence-corrected chi connectivity index (χ4v) is 3.49. The summed E-state index contributed by atoms with van der Waals surface area (Å²) in [5.41, 5.74) is 1.71. The number of allylic oxidation sites excluding steroid dienone is 1. The van der Waals surface area contributed by atoms with E-state index in [4.69, 9.17) is 15.9 Å². The van der Waals surface area contributed by atoms with Gasteiger partial charge in [-0.15, -0.1) is 12.3 Å². The number of hydrogen-bond acceptors (Lipinski definition) is 3. The number of hydrogen-bond donors (Lipinski definition) is 1. The Morgan fingerprint density at radius 1 is 1.11 bits per heavy atom.